The van der Waals surface area contributed by atoms with Crippen molar-refractivity contribution in [1.29, 1.82) is 0 Å². The second-order valence-electron chi connectivity index (χ2n) is 5.44. The van der Waals surface area contributed by atoms with Gasteiger partial charge in [0, 0.05) is 17.8 Å². The molecule has 1 amide bonds. The lowest BCUT2D eigenvalue weighted by atomic mass is 10.1. The topological polar surface area (TPSA) is 46.3 Å². The van der Waals surface area contributed by atoms with E-state index in [-0.39, 0.29) is 11.7 Å². The van der Waals surface area contributed by atoms with Crippen LogP contribution in [0.25, 0.3) is 0 Å². The van der Waals surface area contributed by atoms with E-state index in [0.717, 1.165) is 18.5 Å². The molecule has 1 aromatic rings. The van der Waals surface area contributed by atoms with Gasteiger partial charge in [-0.15, -0.1) is 0 Å². The fourth-order valence-electron chi connectivity index (χ4n) is 2.72. The van der Waals surface area contributed by atoms with Crippen molar-refractivity contribution in [3.05, 3.63) is 29.6 Å². The normalized spacial score (nSPS) is 17.6. The number of nitrogens with zero attached hydrogens (tertiary/aromatic N) is 1. The van der Waals surface area contributed by atoms with Crippen molar-refractivity contribution in [2.45, 2.75) is 51.5 Å². The van der Waals surface area contributed by atoms with Crippen molar-refractivity contribution < 1.29 is 9.18 Å². The molecule has 0 radical (unpaired) electrons. The van der Waals surface area contributed by atoms with Crippen LogP contribution in [-0.4, -0.2) is 12.5 Å². The number of halogens is 1. The summed E-state index contributed by atoms with van der Waals surface area (Å²) in [6.45, 7) is 2.87. The predicted molar refractivity (Wildman–Crippen MR) is 79.1 cm³/mol. The molecule has 1 aliphatic heterocycles. The lowest BCUT2D eigenvalue weighted by molar-refractivity contribution is -0.119. The summed E-state index contributed by atoms with van der Waals surface area (Å²) >= 11 is 0. The van der Waals surface area contributed by atoms with Gasteiger partial charge in [-0.25, -0.2) is 4.39 Å². The van der Waals surface area contributed by atoms with E-state index in [0.29, 0.717) is 12.1 Å². The van der Waals surface area contributed by atoms with Gasteiger partial charge in [0.1, 0.15) is 11.9 Å². The third-order valence-corrected chi connectivity index (χ3v) is 3.88. The molecular formula is C16H23FN2O. The summed E-state index contributed by atoms with van der Waals surface area (Å²) in [5.74, 6) is -0.451. The Morgan fingerprint density at radius 3 is 2.65 bits per heavy atom. The molecule has 110 valence electrons. The van der Waals surface area contributed by atoms with Gasteiger partial charge in [-0.3, -0.25) is 4.79 Å². The Kier molecular flexibility index (Phi) is 5.12. The maximum absolute atomic E-state index is 13.2. The van der Waals surface area contributed by atoms with E-state index in [1.165, 1.54) is 37.8 Å². The van der Waals surface area contributed by atoms with E-state index in [9.17, 15) is 9.18 Å². The fraction of sp³-hybridized carbons (Fsp3) is 0.562. The van der Waals surface area contributed by atoms with E-state index < -0.39 is 6.04 Å². The van der Waals surface area contributed by atoms with Crippen molar-refractivity contribution in [3.63, 3.8) is 0 Å². The first kappa shape index (κ1) is 15.0. The molecule has 0 saturated heterocycles. The van der Waals surface area contributed by atoms with Gasteiger partial charge < -0.3 is 10.6 Å². The van der Waals surface area contributed by atoms with E-state index in [4.69, 9.17) is 5.73 Å². The number of unbranched alkanes of at least 4 members (excludes halogenated alkanes) is 5. The molecule has 0 aliphatic carbocycles. The van der Waals surface area contributed by atoms with Gasteiger partial charge in [-0.1, -0.05) is 39.0 Å². The van der Waals surface area contributed by atoms with Gasteiger partial charge in [0.25, 0.3) is 0 Å². The number of carbonyl (C=O) groups excluding carboxylic acids is 1. The minimum atomic E-state index is -0.708. The maximum atomic E-state index is 13.2. The van der Waals surface area contributed by atoms with Crippen molar-refractivity contribution in [2.75, 3.05) is 11.4 Å². The molecule has 3 nitrogen and oxygen atoms in total. The molecule has 0 spiro atoms. The first-order valence-electron chi connectivity index (χ1n) is 7.51. The first-order valence-corrected chi connectivity index (χ1v) is 7.51. The van der Waals surface area contributed by atoms with Crippen LogP contribution in [0.15, 0.2) is 18.2 Å². The SMILES string of the molecule is CCCCCCCCN1C(=O)C(N)c2cc(F)ccc21. The number of amides is 1. The Balaban J connectivity index is 1.91. The number of hydrogen-bond donors (Lipinski definition) is 1. The van der Waals surface area contributed by atoms with Crippen molar-refractivity contribution >= 4 is 11.6 Å². The number of carbonyl (C=O) groups is 1. The van der Waals surface area contributed by atoms with Crippen LogP contribution in [0.3, 0.4) is 0 Å². The standard InChI is InChI=1S/C16H23FN2O/c1-2-3-4-5-6-7-10-19-14-9-8-12(17)11-13(14)15(18)16(19)20/h8-9,11,15H,2-7,10,18H2,1H3. The Bertz CT molecular complexity index is 476. The molecule has 1 aromatic carbocycles. The Hall–Kier alpha value is -1.42. The first-order chi connectivity index (χ1) is 9.65. The summed E-state index contributed by atoms with van der Waals surface area (Å²) in [6.07, 6.45) is 7.06. The summed E-state index contributed by atoms with van der Waals surface area (Å²) in [5, 5.41) is 0. The van der Waals surface area contributed by atoms with Crippen LogP contribution >= 0.6 is 0 Å². The largest absolute Gasteiger partial charge is 0.316 e. The quantitative estimate of drug-likeness (QED) is 0.775. The molecule has 0 aromatic heterocycles. The number of fused-ring (bicyclic) bond motifs is 1. The Morgan fingerprint density at radius 2 is 1.90 bits per heavy atom. The van der Waals surface area contributed by atoms with Gasteiger partial charge in [-0.05, 0) is 24.6 Å². The third-order valence-electron chi connectivity index (χ3n) is 3.88. The summed E-state index contributed by atoms with van der Waals surface area (Å²) < 4.78 is 13.2. The van der Waals surface area contributed by atoms with E-state index in [2.05, 4.69) is 6.92 Å². The van der Waals surface area contributed by atoms with Crippen LogP contribution in [-0.2, 0) is 4.79 Å². The molecule has 0 bridgehead atoms. The van der Waals surface area contributed by atoms with Crippen LogP contribution < -0.4 is 10.6 Å². The lowest BCUT2D eigenvalue weighted by Crippen LogP contribution is -2.32. The number of hydrogen-bond acceptors (Lipinski definition) is 2. The molecule has 0 saturated carbocycles. The second kappa shape index (κ2) is 6.84. The minimum Gasteiger partial charge on any atom is -0.316 e. The van der Waals surface area contributed by atoms with Crippen LogP contribution in [0.5, 0.6) is 0 Å². The summed E-state index contributed by atoms with van der Waals surface area (Å²) in [4.78, 5) is 13.8. The smallest absolute Gasteiger partial charge is 0.248 e. The molecule has 2 N–H and O–H groups in total. The monoisotopic (exact) mass is 278 g/mol. The van der Waals surface area contributed by atoms with E-state index in [1.54, 1.807) is 11.0 Å². The molecule has 1 heterocycles. The molecule has 4 heteroatoms. The zero-order valence-electron chi connectivity index (χ0n) is 12.1. The number of nitrogens with two attached hydrogens (primary N) is 1. The van der Waals surface area contributed by atoms with Crippen LogP contribution in [0.2, 0.25) is 0 Å². The van der Waals surface area contributed by atoms with Crippen LogP contribution in [0.4, 0.5) is 10.1 Å². The lowest BCUT2D eigenvalue weighted by Gasteiger charge is -2.17. The van der Waals surface area contributed by atoms with Crippen molar-refractivity contribution in [2.24, 2.45) is 5.73 Å². The highest BCUT2D eigenvalue weighted by Crippen LogP contribution is 2.35. The van der Waals surface area contributed by atoms with Gasteiger partial charge in [0.15, 0.2) is 0 Å². The van der Waals surface area contributed by atoms with Gasteiger partial charge in [0.05, 0.1) is 0 Å². The molecule has 2 rings (SSSR count). The molecule has 1 unspecified atom stereocenters. The van der Waals surface area contributed by atoms with Gasteiger partial charge in [-0.2, -0.15) is 0 Å². The average Bonchev–Trinajstić information content (AvgIpc) is 2.67. The van der Waals surface area contributed by atoms with Crippen LogP contribution in [0.1, 0.15) is 57.1 Å². The highest BCUT2D eigenvalue weighted by atomic mass is 19.1. The third kappa shape index (κ3) is 3.18. The number of anilines is 1. The van der Waals surface area contributed by atoms with Crippen molar-refractivity contribution in [3.8, 4) is 0 Å². The molecule has 1 atom stereocenters. The Morgan fingerprint density at radius 1 is 1.20 bits per heavy atom. The highest BCUT2D eigenvalue weighted by Gasteiger charge is 2.34. The molecule has 1 aliphatic rings. The van der Waals surface area contributed by atoms with E-state index in [1.807, 2.05) is 0 Å². The fourth-order valence-corrected chi connectivity index (χ4v) is 2.72. The molecule has 20 heavy (non-hydrogen) atoms. The van der Waals surface area contributed by atoms with Crippen molar-refractivity contribution in [1.82, 2.24) is 0 Å². The highest BCUT2D eigenvalue weighted by molar-refractivity contribution is 6.04. The van der Waals surface area contributed by atoms with E-state index >= 15 is 0 Å². The average molecular weight is 278 g/mol. The second-order valence-corrected chi connectivity index (χ2v) is 5.44. The Labute approximate surface area is 120 Å². The number of rotatable bonds is 7. The molecular weight excluding hydrogens is 255 g/mol. The summed E-state index contributed by atoms with van der Waals surface area (Å²) in [7, 11) is 0. The minimum absolute atomic E-state index is 0.112. The van der Waals surface area contributed by atoms with Gasteiger partial charge >= 0.3 is 0 Å². The van der Waals surface area contributed by atoms with Gasteiger partial charge in [0.2, 0.25) is 5.91 Å². The zero-order valence-corrected chi connectivity index (χ0v) is 12.1. The zero-order chi connectivity index (χ0) is 14.5. The number of benzene rings is 1. The summed E-state index contributed by atoms with van der Waals surface area (Å²) in [5.41, 5.74) is 7.25. The summed E-state index contributed by atoms with van der Waals surface area (Å²) in [6, 6.07) is 3.71. The van der Waals surface area contributed by atoms with Crippen LogP contribution in [0, 0.1) is 5.82 Å². The molecule has 0 fully saturated rings. The predicted octanol–water partition coefficient (Wildman–Crippen LogP) is 3.53. The maximum Gasteiger partial charge on any atom is 0.248 e.